The van der Waals surface area contributed by atoms with E-state index in [0.717, 1.165) is 25.8 Å². The first kappa shape index (κ1) is 18.6. The summed E-state index contributed by atoms with van der Waals surface area (Å²) in [6.45, 7) is 2.91. The molecule has 2 aromatic carbocycles. The van der Waals surface area contributed by atoms with Crippen molar-refractivity contribution in [2.45, 2.75) is 25.4 Å². The van der Waals surface area contributed by atoms with Crippen LogP contribution in [0.1, 0.15) is 17.5 Å². The SMILES string of the molecule is O=C1CN(CCCc2ccccc2)CC(O)CN1CCc1ccccc1. The Morgan fingerprint density at radius 1 is 0.846 bits per heavy atom. The van der Waals surface area contributed by atoms with Crippen LogP contribution < -0.4 is 0 Å². The molecule has 0 aromatic heterocycles. The molecule has 1 amide bonds. The van der Waals surface area contributed by atoms with Gasteiger partial charge in [-0.1, -0.05) is 60.7 Å². The maximum atomic E-state index is 12.6. The number of aliphatic hydroxyl groups excluding tert-OH is 1. The van der Waals surface area contributed by atoms with Crippen molar-refractivity contribution in [3.05, 3.63) is 71.8 Å². The van der Waals surface area contributed by atoms with Crippen molar-refractivity contribution >= 4 is 5.91 Å². The van der Waals surface area contributed by atoms with Crippen LogP contribution in [0.25, 0.3) is 0 Å². The highest BCUT2D eigenvalue weighted by molar-refractivity contribution is 5.78. The molecule has 138 valence electrons. The number of aryl methyl sites for hydroxylation is 1. The Labute approximate surface area is 156 Å². The van der Waals surface area contributed by atoms with E-state index in [-0.39, 0.29) is 5.91 Å². The molecule has 1 aliphatic heterocycles. The lowest BCUT2D eigenvalue weighted by Gasteiger charge is -2.22. The molecule has 1 N–H and O–H groups in total. The second-order valence-electron chi connectivity index (χ2n) is 7.05. The third-order valence-corrected chi connectivity index (χ3v) is 4.91. The highest BCUT2D eigenvalue weighted by atomic mass is 16.3. The fourth-order valence-electron chi connectivity index (χ4n) is 3.51. The van der Waals surface area contributed by atoms with Gasteiger partial charge in [0.25, 0.3) is 0 Å². The van der Waals surface area contributed by atoms with Gasteiger partial charge in [0.2, 0.25) is 5.91 Å². The van der Waals surface area contributed by atoms with E-state index in [2.05, 4.69) is 41.3 Å². The summed E-state index contributed by atoms with van der Waals surface area (Å²) in [7, 11) is 0. The van der Waals surface area contributed by atoms with Crippen LogP contribution in [0.2, 0.25) is 0 Å². The van der Waals surface area contributed by atoms with Crippen LogP contribution in [0.3, 0.4) is 0 Å². The van der Waals surface area contributed by atoms with Gasteiger partial charge in [-0.2, -0.15) is 0 Å². The maximum absolute atomic E-state index is 12.6. The van der Waals surface area contributed by atoms with Crippen LogP contribution in [-0.4, -0.2) is 59.6 Å². The van der Waals surface area contributed by atoms with Crippen molar-refractivity contribution < 1.29 is 9.90 Å². The van der Waals surface area contributed by atoms with Gasteiger partial charge in [-0.15, -0.1) is 0 Å². The Morgan fingerprint density at radius 3 is 2.12 bits per heavy atom. The minimum Gasteiger partial charge on any atom is -0.390 e. The minimum absolute atomic E-state index is 0.122. The molecule has 0 spiro atoms. The summed E-state index contributed by atoms with van der Waals surface area (Å²) in [5.74, 6) is 0.122. The molecule has 3 rings (SSSR count). The molecule has 1 fully saturated rings. The molecule has 4 heteroatoms. The van der Waals surface area contributed by atoms with Crippen LogP contribution in [0.15, 0.2) is 60.7 Å². The molecule has 26 heavy (non-hydrogen) atoms. The van der Waals surface area contributed by atoms with E-state index in [0.29, 0.717) is 26.2 Å². The summed E-state index contributed by atoms with van der Waals surface area (Å²) in [6, 6.07) is 20.6. The van der Waals surface area contributed by atoms with E-state index in [1.165, 1.54) is 11.1 Å². The molecule has 1 atom stereocenters. The molecular formula is C22H28N2O2. The number of carbonyl (C=O) groups is 1. The Hall–Kier alpha value is -2.17. The van der Waals surface area contributed by atoms with E-state index in [1.807, 2.05) is 29.2 Å². The van der Waals surface area contributed by atoms with Gasteiger partial charge < -0.3 is 10.0 Å². The standard InChI is InChI=1S/C22H28N2O2/c25-21-16-23(14-7-12-19-8-3-1-4-9-19)18-22(26)24(17-21)15-13-20-10-5-2-6-11-20/h1-6,8-11,21,25H,7,12-18H2. The summed E-state index contributed by atoms with van der Waals surface area (Å²) in [5.41, 5.74) is 2.54. The Morgan fingerprint density at radius 2 is 1.46 bits per heavy atom. The van der Waals surface area contributed by atoms with Crippen LogP contribution in [0.5, 0.6) is 0 Å². The van der Waals surface area contributed by atoms with Gasteiger partial charge >= 0.3 is 0 Å². The zero-order chi connectivity index (χ0) is 18.2. The molecular weight excluding hydrogens is 324 g/mol. The van der Waals surface area contributed by atoms with Crippen molar-refractivity contribution in [1.82, 2.24) is 9.80 Å². The molecule has 0 bridgehead atoms. The fourth-order valence-corrected chi connectivity index (χ4v) is 3.51. The maximum Gasteiger partial charge on any atom is 0.236 e. The predicted molar refractivity (Wildman–Crippen MR) is 104 cm³/mol. The third-order valence-electron chi connectivity index (χ3n) is 4.91. The van der Waals surface area contributed by atoms with E-state index in [4.69, 9.17) is 0 Å². The van der Waals surface area contributed by atoms with Gasteiger partial charge in [0, 0.05) is 19.6 Å². The number of aliphatic hydroxyl groups is 1. The van der Waals surface area contributed by atoms with E-state index in [9.17, 15) is 9.90 Å². The number of nitrogens with zero attached hydrogens (tertiary/aromatic N) is 2. The van der Waals surface area contributed by atoms with Gasteiger partial charge in [-0.3, -0.25) is 9.69 Å². The number of carbonyl (C=O) groups excluding carboxylic acids is 1. The summed E-state index contributed by atoms with van der Waals surface area (Å²) in [4.78, 5) is 16.5. The second-order valence-corrected chi connectivity index (χ2v) is 7.05. The topological polar surface area (TPSA) is 43.8 Å². The zero-order valence-corrected chi connectivity index (χ0v) is 15.3. The molecule has 4 nitrogen and oxygen atoms in total. The van der Waals surface area contributed by atoms with Gasteiger partial charge in [0.1, 0.15) is 0 Å². The normalized spacial score (nSPS) is 18.7. The van der Waals surface area contributed by atoms with Crippen LogP contribution >= 0.6 is 0 Å². The molecule has 0 saturated carbocycles. The molecule has 1 saturated heterocycles. The van der Waals surface area contributed by atoms with Gasteiger partial charge in [0.05, 0.1) is 12.6 Å². The molecule has 0 aliphatic carbocycles. The lowest BCUT2D eigenvalue weighted by atomic mass is 10.1. The monoisotopic (exact) mass is 352 g/mol. The quantitative estimate of drug-likeness (QED) is 0.832. The Kier molecular flexibility index (Phi) is 6.81. The number of hydrogen-bond acceptors (Lipinski definition) is 3. The smallest absolute Gasteiger partial charge is 0.236 e. The third kappa shape index (κ3) is 5.68. The Balaban J connectivity index is 1.48. The van der Waals surface area contributed by atoms with E-state index >= 15 is 0 Å². The highest BCUT2D eigenvalue weighted by Gasteiger charge is 2.26. The number of hydrogen-bond donors (Lipinski definition) is 1. The number of rotatable bonds is 7. The first-order valence-corrected chi connectivity index (χ1v) is 9.47. The highest BCUT2D eigenvalue weighted by Crippen LogP contribution is 2.10. The van der Waals surface area contributed by atoms with Crippen molar-refractivity contribution in [2.75, 3.05) is 32.7 Å². The summed E-state index contributed by atoms with van der Waals surface area (Å²) in [6.07, 6.45) is 2.34. The predicted octanol–water partition coefficient (Wildman–Crippen LogP) is 2.37. The second kappa shape index (κ2) is 9.51. The molecule has 2 aromatic rings. The average molecular weight is 352 g/mol. The van der Waals surface area contributed by atoms with Gasteiger partial charge in [-0.05, 0) is 36.9 Å². The largest absolute Gasteiger partial charge is 0.390 e. The lowest BCUT2D eigenvalue weighted by Crippen LogP contribution is -2.38. The Bertz CT molecular complexity index is 675. The van der Waals surface area contributed by atoms with Crippen LogP contribution in [-0.2, 0) is 17.6 Å². The average Bonchev–Trinajstić information content (AvgIpc) is 2.79. The minimum atomic E-state index is -0.478. The fraction of sp³-hybridized carbons (Fsp3) is 0.409. The van der Waals surface area contributed by atoms with Gasteiger partial charge in [0.15, 0.2) is 0 Å². The molecule has 1 aliphatic rings. The number of benzene rings is 2. The lowest BCUT2D eigenvalue weighted by molar-refractivity contribution is -0.131. The van der Waals surface area contributed by atoms with Crippen molar-refractivity contribution in [3.8, 4) is 0 Å². The van der Waals surface area contributed by atoms with E-state index in [1.54, 1.807) is 0 Å². The van der Waals surface area contributed by atoms with Crippen molar-refractivity contribution in [1.29, 1.82) is 0 Å². The van der Waals surface area contributed by atoms with Crippen LogP contribution in [0.4, 0.5) is 0 Å². The summed E-state index contributed by atoms with van der Waals surface area (Å²) < 4.78 is 0. The van der Waals surface area contributed by atoms with Crippen molar-refractivity contribution in [2.24, 2.45) is 0 Å². The number of β-amino-alcohol motifs (C(OH)–C–C–N with tert-alkyl or cyclic N) is 1. The molecule has 1 unspecified atom stereocenters. The number of amides is 1. The molecule has 1 heterocycles. The van der Waals surface area contributed by atoms with Gasteiger partial charge in [-0.25, -0.2) is 0 Å². The molecule has 0 radical (unpaired) electrons. The van der Waals surface area contributed by atoms with E-state index < -0.39 is 6.10 Å². The summed E-state index contributed by atoms with van der Waals surface area (Å²) >= 11 is 0. The first-order valence-electron chi connectivity index (χ1n) is 9.47. The van der Waals surface area contributed by atoms with Crippen LogP contribution in [0, 0.1) is 0 Å². The first-order chi connectivity index (χ1) is 12.7. The van der Waals surface area contributed by atoms with Crippen molar-refractivity contribution in [3.63, 3.8) is 0 Å². The zero-order valence-electron chi connectivity index (χ0n) is 15.3. The summed E-state index contributed by atoms with van der Waals surface area (Å²) in [5, 5.41) is 10.3.